The van der Waals surface area contributed by atoms with Crippen LogP contribution in [0.25, 0.3) is 0 Å². The van der Waals surface area contributed by atoms with E-state index < -0.39 is 0 Å². The van der Waals surface area contributed by atoms with Crippen LogP contribution in [0, 0.1) is 0 Å². The maximum Gasteiger partial charge on any atom is 0.127 e. The lowest BCUT2D eigenvalue weighted by molar-refractivity contribution is -0.177. The highest BCUT2D eigenvalue weighted by Gasteiger charge is 2.37. The first-order valence-electron chi connectivity index (χ1n) is 7.47. The maximum absolute atomic E-state index is 6.32. The van der Waals surface area contributed by atoms with E-state index >= 15 is 0 Å². The fourth-order valence-electron chi connectivity index (χ4n) is 2.85. The van der Waals surface area contributed by atoms with Crippen molar-refractivity contribution in [3.8, 4) is 0 Å². The Bertz CT molecular complexity index is 622. The molecule has 0 amide bonds. The van der Waals surface area contributed by atoms with Crippen molar-refractivity contribution in [2.45, 2.75) is 16.7 Å². The summed E-state index contributed by atoms with van der Waals surface area (Å²) in [5.74, 6) is 0. The second-order valence-corrected chi connectivity index (χ2v) is 6.64. The molecule has 0 bridgehead atoms. The Labute approximate surface area is 135 Å². The normalized spacial score (nSPS) is 26.7. The average molecular weight is 307 g/mol. The fourth-order valence-corrected chi connectivity index (χ4v) is 4.23. The summed E-state index contributed by atoms with van der Waals surface area (Å²) in [4.78, 5) is 6.32. The van der Waals surface area contributed by atoms with E-state index in [2.05, 4.69) is 66.7 Å². The van der Waals surface area contributed by atoms with Gasteiger partial charge in [-0.25, -0.2) is 5.06 Å². The van der Waals surface area contributed by atoms with Gasteiger partial charge in [-0.2, -0.15) is 0 Å². The first-order valence-corrected chi connectivity index (χ1v) is 8.41. The van der Waals surface area contributed by atoms with Crippen molar-refractivity contribution in [3.05, 3.63) is 96.2 Å². The van der Waals surface area contributed by atoms with Crippen LogP contribution in [0.4, 0.5) is 0 Å². The third kappa shape index (κ3) is 2.58. The van der Waals surface area contributed by atoms with Gasteiger partial charge in [-0.05, 0) is 23.3 Å². The van der Waals surface area contributed by atoms with Gasteiger partial charge in [0.1, 0.15) is 11.5 Å². The summed E-state index contributed by atoms with van der Waals surface area (Å²) < 4.78 is 0. The van der Waals surface area contributed by atoms with E-state index in [-0.39, 0.29) is 16.7 Å². The number of hydrogen-bond acceptors (Lipinski definition) is 3. The van der Waals surface area contributed by atoms with Crippen LogP contribution in [0.2, 0.25) is 0 Å². The zero-order valence-corrected chi connectivity index (χ0v) is 12.9. The molecule has 0 radical (unpaired) electrons. The molecule has 2 aromatic carbocycles. The number of thioether (sulfide) groups is 1. The van der Waals surface area contributed by atoms with Crippen LogP contribution in [-0.4, -0.2) is 10.4 Å². The van der Waals surface area contributed by atoms with Gasteiger partial charge in [0.25, 0.3) is 0 Å². The summed E-state index contributed by atoms with van der Waals surface area (Å²) in [6, 6.07) is 21.1. The monoisotopic (exact) mass is 307 g/mol. The third-order valence-corrected chi connectivity index (χ3v) is 5.38. The molecule has 110 valence electrons. The van der Waals surface area contributed by atoms with E-state index in [0.717, 1.165) is 0 Å². The summed E-state index contributed by atoms with van der Waals surface area (Å²) in [6.07, 6.45) is 8.31. The Kier molecular flexibility index (Phi) is 3.75. The molecular weight excluding hydrogens is 290 g/mol. The Morgan fingerprint density at radius 1 is 0.818 bits per heavy atom. The van der Waals surface area contributed by atoms with Crippen LogP contribution in [0.1, 0.15) is 22.5 Å². The molecule has 3 heteroatoms. The summed E-state index contributed by atoms with van der Waals surface area (Å²) in [5.41, 5.74) is 2.52. The minimum absolute atomic E-state index is 0.0148. The highest BCUT2D eigenvalue weighted by atomic mass is 32.2. The lowest BCUT2D eigenvalue weighted by Gasteiger charge is -2.42. The molecule has 0 saturated carbocycles. The van der Waals surface area contributed by atoms with Crippen molar-refractivity contribution >= 4 is 11.8 Å². The first kappa shape index (κ1) is 13.7. The number of hydroxylamine groups is 2. The number of fused-ring (bicyclic) bond motifs is 1. The molecule has 0 aromatic heterocycles. The van der Waals surface area contributed by atoms with Gasteiger partial charge in [0.2, 0.25) is 0 Å². The molecule has 3 atom stereocenters. The SMILES string of the molecule is C1=C[C@H]2S[C@@H](c3ccccc3)[C@@H](c3ccccc3)ON2C=C1. The van der Waals surface area contributed by atoms with E-state index in [4.69, 9.17) is 4.84 Å². The molecule has 0 N–H and O–H groups in total. The molecule has 0 aliphatic carbocycles. The Morgan fingerprint density at radius 3 is 2.23 bits per heavy atom. The van der Waals surface area contributed by atoms with E-state index in [1.54, 1.807) is 0 Å². The molecule has 0 unspecified atom stereocenters. The van der Waals surface area contributed by atoms with Gasteiger partial charge < -0.3 is 0 Å². The predicted molar refractivity (Wildman–Crippen MR) is 90.9 cm³/mol. The topological polar surface area (TPSA) is 12.5 Å². The largest absolute Gasteiger partial charge is 0.263 e. The Balaban J connectivity index is 1.72. The highest BCUT2D eigenvalue weighted by molar-refractivity contribution is 8.00. The smallest absolute Gasteiger partial charge is 0.127 e. The molecule has 2 aliphatic heterocycles. The summed E-state index contributed by atoms with van der Waals surface area (Å²) in [6.45, 7) is 0. The summed E-state index contributed by atoms with van der Waals surface area (Å²) >= 11 is 1.93. The second kappa shape index (κ2) is 6.03. The molecule has 0 spiro atoms. The molecule has 2 nitrogen and oxygen atoms in total. The molecule has 2 aromatic rings. The molecular formula is C19H17NOS. The second-order valence-electron chi connectivity index (χ2n) is 5.38. The van der Waals surface area contributed by atoms with Gasteiger partial charge in [0.15, 0.2) is 0 Å². The van der Waals surface area contributed by atoms with Crippen LogP contribution in [-0.2, 0) is 4.84 Å². The van der Waals surface area contributed by atoms with E-state index in [0.29, 0.717) is 0 Å². The summed E-state index contributed by atoms with van der Waals surface area (Å²) in [7, 11) is 0. The molecule has 1 saturated heterocycles. The van der Waals surface area contributed by atoms with Gasteiger partial charge >= 0.3 is 0 Å². The van der Waals surface area contributed by atoms with Crippen LogP contribution < -0.4 is 0 Å². The highest BCUT2D eigenvalue weighted by Crippen LogP contribution is 2.50. The number of rotatable bonds is 2. The lowest BCUT2D eigenvalue weighted by atomic mass is 10.0. The fraction of sp³-hybridized carbons (Fsp3) is 0.158. The van der Waals surface area contributed by atoms with Crippen LogP contribution >= 0.6 is 11.8 Å². The molecule has 2 heterocycles. The minimum atomic E-state index is 0.0148. The van der Waals surface area contributed by atoms with Crippen molar-refractivity contribution in [3.63, 3.8) is 0 Å². The zero-order chi connectivity index (χ0) is 14.8. The lowest BCUT2D eigenvalue weighted by Crippen LogP contribution is -2.37. The number of hydrogen-bond donors (Lipinski definition) is 0. The van der Waals surface area contributed by atoms with Crippen molar-refractivity contribution < 1.29 is 4.84 Å². The summed E-state index contributed by atoms with van der Waals surface area (Å²) in [5, 5.41) is 2.47. The molecule has 4 rings (SSSR count). The van der Waals surface area contributed by atoms with Gasteiger partial charge in [-0.15, -0.1) is 11.8 Å². The van der Waals surface area contributed by atoms with E-state index in [1.165, 1.54) is 11.1 Å². The van der Waals surface area contributed by atoms with Crippen LogP contribution in [0.15, 0.2) is 85.1 Å². The zero-order valence-electron chi connectivity index (χ0n) is 12.1. The number of allylic oxidation sites excluding steroid dienone is 2. The molecule has 1 fully saturated rings. The van der Waals surface area contributed by atoms with E-state index in [9.17, 15) is 0 Å². The van der Waals surface area contributed by atoms with Crippen LogP contribution in [0.3, 0.4) is 0 Å². The standard InChI is InChI=1S/C19H17NOS/c1-3-9-15(10-4-1)18-19(16-11-5-2-6-12-16)22-17-13-7-8-14-20(17)21-18/h1-14,17-19H/t17-,18-,19+/m1/s1. The molecule has 2 aliphatic rings. The van der Waals surface area contributed by atoms with Gasteiger partial charge in [-0.1, -0.05) is 66.7 Å². The maximum atomic E-state index is 6.32. The number of benzene rings is 2. The van der Waals surface area contributed by atoms with E-state index in [1.807, 2.05) is 35.2 Å². The Morgan fingerprint density at radius 2 is 1.50 bits per heavy atom. The van der Waals surface area contributed by atoms with Crippen molar-refractivity contribution in [2.24, 2.45) is 0 Å². The van der Waals surface area contributed by atoms with Crippen molar-refractivity contribution in [2.75, 3.05) is 0 Å². The predicted octanol–water partition coefficient (Wildman–Crippen LogP) is 4.86. The Hall–Kier alpha value is -1.97. The minimum Gasteiger partial charge on any atom is -0.263 e. The van der Waals surface area contributed by atoms with Crippen molar-refractivity contribution in [1.82, 2.24) is 5.06 Å². The van der Waals surface area contributed by atoms with Crippen LogP contribution in [0.5, 0.6) is 0 Å². The quantitative estimate of drug-likeness (QED) is 0.786. The number of nitrogens with zero attached hydrogens (tertiary/aromatic N) is 1. The average Bonchev–Trinajstić information content (AvgIpc) is 2.62. The van der Waals surface area contributed by atoms with Crippen molar-refractivity contribution in [1.29, 1.82) is 0 Å². The van der Waals surface area contributed by atoms with Gasteiger partial charge in [0, 0.05) is 6.20 Å². The van der Waals surface area contributed by atoms with Gasteiger partial charge in [0.05, 0.1) is 5.25 Å². The molecule has 22 heavy (non-hydrogen) atoms. The van der Waals surface area contributed by atoms with Gasteiger partial charge in [-0.3, -0.25) is 4.84 Å². The third-order valence-electron chi connectivity index (χ3n) is 3.92. The first-order chi connectivity index (χ1) is 10.9.